The molecule has 33 heavy (non-hydrogen) atoms. The summed E-state index contributed by atoms with van der Waals surface area (Å²) in [5, 5.41) is 7.85. The van der Waals surface area contributed by atoms with Crippen LogP contribution in [0, 0.1) is 5.92 Å². The van der Waals surface area contributed by atoms with Gasteiger partial charge in [-0.2, -0.15) is 4.98 Å². The molecular formula is C25H29ClN4O3. The summed E-state index contributed by atoms with van der Waals surface area (Å²) in [4.78, 5) is 19.3. The van der Waals surface area contributed by atoms with Crippen LogP contribution in [0.4, 0.5) is 0 Å². The predicted octanol–water partition coefficient (Wildman–Crippen LogP) is 4.36. The number of aromatic nitrogens is 2. The van der Waals surface area contributed by atoms with Gasteiger partial charge < -0.3 is 14.6 Å². The maximum Gasteiger partial charge on any atom is 0.241 e. The molecule has 1 fully saturated rings. The Bertz CT molecular complexity index is 1050. The minimum Gasteiger partial charge on any atom is -0.497 e. The Labute approximate surface area is 199 Å². The zero-order valence-corrected chi connectivity index (χ0v) is 19.6. The molecule has 4 rings (SSSR count). The van der Waals surface area contributed by atoms with Crippen molar-refractivity contribution in [2.75, 3.05) is 26.7 Å². The van der Waals surface area contributed by atoms with Gasteiger partial charge in [-0.25, -0.2) is 0 Å². The number of nitrogens with zero attached hydrogens (tertiary/aromatic N) is 3. The van der Waals surface area contributed by atoms with E-state index in [9.17, 15) is 4.79 Å². The Kier molecular flexibility index (Phi) is 7.96. The molecule has 1 saturated heterocycles. The van der Waals surface area contributed by atoms with Crippen LogP contribution in [0.15, 0.2) is 53.1 Å². The fourth-order valence-corrected chi connectivity index (χ4v) is 4.18. The van der Waals surface area contributed by atoms with E-state index < -0.39 is 0 Å². The number of piperidine rings is 1. The number of carbonyl (C=O) groups excluding carboxylic acids is 1. The highest BCUT2D eigenvalue weighted by molar-refractivity contribution is 6.30. The lowest BCUT2D eigenvalue weighted by atomic mass is 9.96. The summed E-state index contributed by atoms with van der Waals surface area (Å²) in [6.45, 7) is 2.95. The first-order valence-corrected chi connectivity index (χ1v) is 11.7. The van der Waals surface area contributed by atoms with Crippen LogP contribution in [0.5, 0.6) is 5.75 Å². The molecule has 0 radical (unpaired) electrons. The van der Waals surface area contributed by atoms with Gasteiger partial charge in [0.05, 0.1) is 13.7 Å². The second kappa shape index (κ2) is 11.3. The number of methoxy groups -OCH3 is 1. The summed E-state index contributed by atoms with van der Waals surface area (Å²) in [6, 6.07) is 15.4. The summed E-state index contributed by atoms with van der Waals surface area (Å²) >= 11 is 5.93. The van der Waals surface area contributed by atoms with E-state index in [2.05, 4.69) is 26.4 Å². The van der Waals surface area contributed by atoms with Crippen LogP contribution in [0.2, 0.25) is 5.02 Å². The maximum atomic E-state index is 12.6. The largest absolute Gasteiger partial charge is 0.497 e. The first-order valence-electron chi connectivity index (χ1n) is 11.3. The number of amides is 1. The molecule has 0 saturated carbocycles. The van der Waals surface area contributed by atoms with Crippen molar-refractivity contribution >= 4 is 17.5 Å². The molecule has 7 nitrogen and oxygen atoms in total. The molecule has 1 aliphatic heterocycles. The van der Waals surface area contributed by atoms with E-state index in [1.807, 2.05) is 42.5 Å². The number of likely N-dealkylation sites (tertiary alicyclic amines) is 1. The molecule has 0 unspecified atom stereocenters. The van der Waals surface area contributed by atoms with E-state index in [-0.39, 0.29) is 11.8 Å². The number of hydrogen-bond acceptors (Lipinski definition) is 6. The van der Waals surface area contributed by atoms with Crippen LogP contribution in [0.25, 0.3) is 11.4 Å². The first kappa shape index (κ1) is 23.3. The molecule has 1 amide bonds. The lowest BCUT2D eigenvalue weighted by Crippen LogP contribution is -2.40. The third-order valence-electron chi connectivity index (χ3n) is 5.96. The minimum atomic E-state index is 0.0605. The molecule has 0 aliphatic carbocycles. The molecule has 0 bridgehead atoms. The molecule has 0 spiro atoms. The molecule has 2 aromatic carbocycles. The molecule has 1 aliphatic rings. The van der Waals surface area contributed by atoms with Crippen LogP contribution < -0.4 is 10.1 Å². The minimum absolute atomic E-state index is 0.0605. The third kappa shape index (κ3) is 6.55. The van der Waals surface area contributed by atoms with Crippen molar-refractivity contribution < 1.29 is 14.1 Å². The molecule has 174 valence electrons. The van der Waals surface area contributed by atoms with E-state index in [1.165, 1.54) is 5.56 Å². The lowest BCUT2D eigenvalue weighted by Gasteiger charge is -2.30. The van der Waals surface area contributed by atoms with Crippen LogP contribution >= 0.6 is 11.6 Å². The molecule has 3 aromatic rings. The highest BCUT2D eigenvalue weighted by Gasteiger charge is 2.25. The van der Waals surface area contributed by atoms with Crippen molar-refractivity contribution in [2.24, 2.45) is 5.92 Å². The normalized spacial score (nSPS) is 14.8. The standard InChI is InChI=1S/C25H29ClN4O3/c1-32-22-6-2-4-18(16-22)5-3-13-27-25(31)20-11-14-30(15-12-20)17-23-28-24(29-33-23)19-7-9-21(26)10-8-19/h2,4,6-10,16,20H,3,5,11-15,17H2,1H3,(H,27,31). The molecule has 0 atom stereocenters. The fraction of sp³-hybridized carbons (Fsp3) is 0.400. The number of nitrogens with one attached hydrogen (secondary N) is 1. The summed E-state index contributed by atoms with van der Waals surface area (Å²) < 4.78 is 10.7. The Balaban J connectivity index is 1.16. The SMILES string of the molecule is COc1cccc(CCCNC(=O)C2CCN(Cc3nc(-c4ccc(Cl)cc4)no3)CC2)c1. The fourth-order valence-electron chi connectivity index (χ4n) is 4.06. The number of carbonyl (C=O) groups is 1. The van der Waals surface area contributed by atoms with Crippen molar-refractivity contribution in [3.63, 3.8) is 0 Å². The summed E-state index contributed by atoms with van der Waals surface area (Å²) in [6.07, 6.45) is 3.49. The van der Waals surface area contributed by atoms with Crippen LogP contribution in [0.1, 0.15) is 30.7 Å². The van der Waals surface area contributed by atoms with E-state index in [1.54, 1.807) is 7.11 Å². The van der Waals surface area contributed by atoms with Gasteiger partial charge in [0.25, 0.3) is 0 Å². The summed E-state index contributed by atoms with van der Waals surface area (Å²) in [7, 11) is 1.67. The summed E-state index contributed by atoms with van der Waals surface area (Å²) in [5.74, 6) is 2.23. The van der Waals surface area contributed by atoms with Gasteiger partial charge in [-0.1, -0.05) is 28.9 Å². The number of benzene rings is 2. The van der Waals surface area contributed by atoms with Crippen molar-refractivity contribution in [2.45, 2.75) is 32.2 Å². The van der Waals surface area contributed by atoms with E-state index in [0.717, 1.165) is 50.1 Å². The van der Waals surface area contributed by atoms with Crippen molar-refractivity contribution in [1.29, 1.82) is 0 Å². The quantitative estimate of drug-likeness (QED) is 0.470. The van der Waals surface area contributed by atoms with Crippen molar-refractivity contribution in [3.8, 4) is 17.1 Å². The lowest BCUT2D eigenvalue weighted by molar-refractivity contribution is -0.126. The van der Waals surface area contributed by atoms with Gasteiger partial charge in [0.1, 0.15) is 5.75 Å². The zero-order chi connectivity index (χ0) is 23.0. The molecule has 1 aromatic heterocycles. The zero-order valence-electron chi connectivity index (χ0n) is 18.8. The average molecular weight is 469 g/mol. The van der Waals surface area contributed by atoms with Crippen molar-refractivity contribution in [1.82, 2.24) is 20.4 Å². The highest BCUT2D eigenvalue weighted by Crippen LogP contribution is 2.22. The van der Waals surface area contributed by atoms with Crippen molar-refractivity contribution in [3.05, 3.63) is 65.0 Å². The molecule has 2 heterocycles. The topological polar surface area (TPSA) is 80.5 Å². The van der Waals surface area contributed by atoms with Gasteiger partial charge in [-0.15, -0.1) is 0 Å². The second-order valence-electron chi connectivity index (χ2n) is 8.32. The Morgan fingerprint density at radius 3 is 2.76 bits per heavy atom. The van der Waals surface area contributed by atoms with Gasteiger partial charge in [0.2, 0.25) is 17.6 Å². The molecular weight excluding hydrogens is 440 g/mol. The Hall–Kier alpha value is -2.90. The Morgan fingerprint density at radius 2 is 2.00 bits per heavy atom. The van der Waals surface area contributed by atoms with Gasteiger partial charge in [-0.05, 0) is 80.7 Å². The number of ether oxygens (including phenoxy) is 1. The monoisotopic (exact) mass is 468 g/mol. The van der Waals surface area contributed by atoms with E-state index >= 15 is 0 Å². The first-order chi connectivity index (χ1) is 16.1. The van der Waals surface area contributed by atoms with Gasteiger partial charge in [-0.3, -0.25) is 9.69 Å². The number of halogens is 1. The van der Waals surface area contributed by atoms with E-state index in [4.69, 9.17) is 20.9 Å². The molecule has 8 heteroatoms. The third-order valence-corrected chi connectivity index (χ3v) is 6.22. The maximum absolute atomic E-state index is 12.6. The smallest absolute Gasteiger partial charge is 0.241 e. The summed E-state index contributed by atoms with van der Waals surface area (Å²) in [5.41, 5.74) is 2.09. The van der Waals surface area contributed by atoms with Gasteiger partial charge >= 0.3 is 0 Å². The van der Waals surface area contributed by atoms with Crippen LogP contribution in [-0.4, -0.2) is 47.7 Å². The predicted molar refractivity (Wildman–Crippen MR) is 127 cm³/mol. The van der Waals surface area contributed by atoms with Crippen LogP contribution in [-0.2, 0) is 17.8 Å². The average Bonchev–Trinajstić information content (AvgIpc) is 3.31. The number of hydrogen-bond donors (Lipinski definition) is 1. The second-order valence-corrected chi connectivity index (χ2v) is 8.75. The van der Waals surface area contributed by atoms with E-state index in [0.29, 0.717) is 29.8 Å². The van der Waals surface area contributed by atoms with Crippen LogP contribution in [0.3, 0.4) is 0 Å². The molecule has 1 N–H and O–H groups in total. The van der Waals surface area contributed by atoms with Gasteiger partial charge in [0, 0.05) is 23.0 Å². The number of aryl methyl sites for hydroxylation is 1. The Morgan fingerprint density at radius 1 is 1.21 bits per heavy atom. The number of rotatable bonds is 9. The van der Waals surface area contributed by atoms with Gasteiger partial charge in [0.15, 0.2) is 0 Å². The highest BCUT2D eigenvalue weighted by atomic mass is 35.5.